The molecule has 1 rings (SSSR count). The third-order valence-corrected chi connectivity index (χ3v) is 4.82. The second kappa shape index (κ2) is 10.2. The summed E-state index contributed by atoms with van der Waals surface area (Å²) >= 11 is 0. The maximum atomic E-state index is 12.6. The van der Waals surface area contributed by atoms with Crippen LogP contribution in [-0.2, 0) is 19.2 Å². The molecule has 1 heterocycles. The second-order valence-electron chi connectivity index (χ2n) is 6.93. The van der Waals surface area contributed by atoms with Crippen LogP contribution in [0.4, 0.5) is 0 Å². The Hall–Kier alpha value is -2.20. The molecule has 5 unspecified atom stereocenters. The van der Waals surface area contributed by atoms with Crippen LogP contribution in [0.25, 0.3) is 0 Å². The molecular weight excluding hydrogens is 356 g/mol. The molecule has 1 aliphatic rings. The fourth-order valence-corrected chi connectivity index (χ4v) is 2.92. The fourth-order valence-electron chi connectivity index (χ4n) is 2.92. The predicted molar refractivity (Wildman–Crippen MR) is 96.4 cm³/mol. The molecule has 0 saturated carbocycles. The molecule has 1 fully saturated rings. The van der Waals surface area contributed by atoms with E-state index in [4.69, 9.17) is 5.73 Å². The number of aliphatic hydroxyl groups excluding tert-OH is 1. The molecular formula is C17H30N4O6. The average molecular weight is 386 g/mol. The van der Waals surface area contributed by atoms with Gasteiger partial charge in [-0.05, 0) is 25.7 Å². The first kappa shape index (κ1) is 22.8. The zero-order valence-electron chi connectivity index (χ0n) is 16.0. The van der Waals surface area contributed by atoms with Crippen molar-refractivity contribution in [2.75, 3.05) is 13.2 Å². The van der Waals surface area contributed by atoms with Crippen molar-refractivity contribution < 1.29 is 29.4 Å². The van der Waals surface area contributed by atoms with E-state index in [1.165, 1.54) is 6.92 Å². The number of rotatable bonds is 9. The molecule has 5 atom stereocenters. The monoisotopic (exact) mass is 386 g/mol. The van der Waals surface area contributed by atoms with Crippen LogP contribution in [0.15, 0.2) is 0 Å². The maximum Gasteiger partial charge on any atom is 0.326 e. The number of amides is 3. The predicted octanol–water partition coefficient (Wildman–Crippen LogP) is -1.58. The summed E-state index contributed by atoms with van der Waals surface area (Å²) < 4.78 is 0. The molecule has 0 aliphatic carbocycles. The molecule has 0 radical (unpaired) electrons. The van der Waals surface area contributed by atoms with Crippen LogP contribution in [0.3, 0.4) is 0 Å². The summed E-state index contributed by atoms with van der Waals surface area (Å²) in [6, 6.07) is -3.98. The Balaban J connectivity index is 2.88. The van der Waals surface area contributed by atoms with Gasteiger partial charge in [0.1, 0.15) is 18.1 Å². The number of carboxylic acid groups (broad SMARTS) is 1. The standard InChI is InChI=1S/C17H30N4O6/c1-4-9(2)13(20-14(23)10(3)18)15(24)19-11(8-22)16(25)21-7-5-6-12(21)17(26)27/h9-13,22H,4-8,18H2,1-3H3,(H,19,24)(H,20,23)(H,26,27). The van der Waals surface area contributed by atoms with Crippen molar-refractivity contribution >= 4 is 23.7 Å². The van der Waals surface area contributed by atoms with E-state index >= 15 is 0 Å². The number of nitrogens with zero attached hydrogens (tertiary/aromatic N) is 1. The van der Waals surface area contributed by atoms with Crippen molar-refractivity contribution in [2.45, 2.75) is 64.2 Å². The van der Waals surface area contributed by atoms with Gasteiger partial charge in [0.2, 0.25) is 17.7 Å². The number of aliphatic hydroxyl groups is 1. The van der Waals surface area contributed by atoms with Crippen molar-refractivity contribution in [2.24, 2.45) is 11.7 Å². The minimum absolute atomic E-state index is 0.235. The smallest absolute Gasteiger partial charge is 0.326 e. The van der Waals surface area contributed by atoms with Crippen molar-refractivity contribution in [3.05, 3.63) is 0 Å². The number of carbonyl (C=O) groups is 4. The number of nitrogens with two attached hydrogens (primary N) is 1. The molecule has 154 valence electrons. The Morgan fingerprint density at radius 3 is 2.30 bits per heavy atom. The molecule has 3 amide bonds. The van der Waals surface area contributed by atoms with Gasteiger partial charge in [-0.2, -0.15) is 0 Å². The van der Waals surface area contributed by atoms with Crippen LogP contribution in [0.2, 0.25) is 0 Å². The summed E-state index contributed by atoms with van der Waals surface area (Å²) in [5.41, 5.74) is 5.53. The van der Waals surface area contributed by atoms with Gasteiger partial charge in [0, 0.05) is 6.54 Å². The largest absolute Gasteiger partial charge is 0.480 e. The molecule has 0 aromatic carbocycles. The van der Waals surface area contributed by atoms with Gasteiger partial charge in [0.25, 0.3) is 0 Å². The van der Waals surface area contributed by atoms with Gasteiger partial charge in [-0.25, -0.2) is 4.79 Å². The molecule has 10 nitrogen and oxygen atoms in total. The fraction of sp³-hybridized carbons (Fsp3) is 0.765. The topological polar surface area (TPSA) is 162 Å². The van der Waals surface area contributed by atoms with E-state index in [1.54, 1.807) is 6.92 Å². The number of aliphatic carboxylic acids is 1. The molecule has 1 aliphatic heterocycles. The lowest BCUT2D eigenvalue weighted by molar-refractivity contribution is -0.150. The van der Waals surface area contributed by atoms with Gasteiger partial charge < -0.3 is 31.5 Å². The minimum atomic E-state index is -1.28. The van der Waals surface area contributed by atoms with E-state index in [0.717, 1.165) is 4.90 Å². The Bertz CT molecular complexity index is 568. The highest BCUT2D eigenvalue weighted by molar-refractivity contribution is 5.94. The van der Waals surface area contributed by atoms with Crippen LogP contribution in [0.5, 0.6) is 0 Å². The van der Waals surface area contributed by atoms with Gasteiger partial charge in [0.15, 0.2) is 0 Å². The van der Waals surface area contributed by atoms with E-state index in [1.807, 2.05) is 6.92 Å². The maximum absolute atomic E-state index is 12.6. The first-order valence-electron chi connectivity index (χ1n) is 9.14. The van der Waals surface area contributed by atoms with Crippen LogP contribution in [0.1, 0.15) is 40.0 Å². The third kappa shape index (κ3) is 5.90. The number of carboxylic acids is 1. The molecule has 27 heavy (non-hydrogen) atoms. The van der Waals surface area contributed by atoms with Crippen molar-refractivity contribution in [3.8, 4) is 0 Å². The summed E-state index contributed by atoms with van der Waals surface area (Å²) in [5.74, 6) is -3.15. The van der Waals surface area contributed by atoms with Crippen LogP contribution in [-0.4, -0.2) is 76.1 Å². The van der Waals surface area contributed by atoms with Crippen LogP contribution < -0.4 is 16.4 Å². The highest BCUT2D eigenvalue weighted by atomic mass is 16.4. The lowest BCUT2D eigenvalue weighted by Crippen LogP contribution is -2.59. The number of hydrogen-bond acceptors (Lipinski definition) is 6. The summed E-state index contributed by atoms with van der Waals surface area (Å²) in [7, 11) is 0. The van der Waals surface area contributed by atoms with Crippen LogP contribution >= 0.6 is 0 Å². The van der Waals surface area contributed by atoms with E-state index in [2.05, 4.69) is 10.6 Å². The summed E-state index contributed by atoms with van der Waals surface area (Å²) in [5, 5.41) is 23.8. The Morgan fingerprint density at radius 2 is 1.81 bits per heavy atom. The molecule has 10 heteroatoms. The lowest BCUT2D eigenvalue weighted by atomic mass is 9.97. The Morgan fingerprint density at radius 1 is 1.19 bits per heavy atom. The van der Waals surface area contributed by atoms with E-state index in [-0.39, 0.29) is 12.5 Å². The Labute approximate surface area is 158 Å². The SMILES string of the molecule is CCC(C)C(NC(=O)C(C)N)C(=O)NC(CO)C(=O)N1CCCC1C(=O)O. The van der Waals surface area contributed by atoms with Crippen molar-refractivity contribution in [3.63, 3.8) is 0 Å². The minimum Gasteiger partial charge on any atom is -0.480 e. The third-order valence-electron chi connectivity index (χ3n) is 4.82. The number of nitrogens with one attached hydrogen (secondary N) is 2. The molecule has 0 bridgehead atoms. The quantitative estimate of drug-likeness (QED) is 0.319. The van der Waals surface area contributed by atoms with Gasteiger partial charge in [0.05, 0.1) is 12.6 Å². The van der Waals surface area contributed by atoms with Crippen molar-refractivity contribution in [1.29, 1.82) is 0 Å². The zero-order chi connectivity index (χ0) is 20.7. The van der Waals surface area contributed by atoms with Gasteiger partial charge in [-0.15, -0.1) is 0 Å². The number of hydrogen-bond donors (Lipinski definition) is 5. The average Bonchev–Trinajstić information content (AvgIpc) is 3.12. The van der Waals surface area contributed by atoms with E-state index in [0.29, 0.717) is 19.3 Å². The number of likely N-dealkylation sites (tertiary alicyclic amines) is 1. The zero-order valence-corrected chi connectivity index (χ0v) is 16.0. The van der Waals surface area contributed by atoms with Gasteiger partial charge >= 0.3 is 5.97 Å². The first-order chi connectivity index (χ1) is 12.6. The Kier molecular flexibility index (Phi) is 8.64. The lowest BCUT2D eigenvalue weighted by Gasteiger charge is -2.29. The number of carbonyl (C=O) groups excluding carboxylic acids is 3. The van der Waals surface area contributed by atoms with E-state index < -0.39 is 54.5 Å². The summed E-state index contributed by atoms with van der Waals surface area (Å²) in [4.78, 5) is 49.6. The van der Waals surface area contributed by atoms with Gasteiger partial charge in [-0.3, -0.25) is 14.4 Å². The summed E-state index contributed by atoms with van der Waals surface area (Å²) in [6.07, 6.45) is 1.45. The molecule has 0 aromatic heterocycles. The normalized spacial score (nSPS) is 21.1. The molecule has 0 spiro atoms. The van der Waals surface area contributed by atoms with Gasteiger partial charge in [-0.1, -0.05) is 20.3 Å². The first-order valence-corrected chi connectivity index (χ1v) is 9.14. The highest BCUT2D eigenvalue weighted by Gasteiger charge is 2.38. The molecule has 6 N–H and O–H groups in total. The molecule has 1 saturated heterocycles. The van der Waals surface area contributed by atoms with Crippen molar-refractivity contribution in [1.82, 2.24) is 15.5 Å². The van der Waals surface area contributed by atoms with E-state index in [9.17, 15) is 29.4 Å². The second-order valence-corrected chi connectivity index (χ2v) is 6.93. The highest BCUT2D eigenvalue weighted by Crippen LogP contribution is 2.18. The molecule has 0 aromatic rings. The van der Waals surface area contributed by atoms with Crippen LogP contribution in [0, 0.1) is 5.92 Å². The summed E-state index contributed by atoms with van der Waals surface area (Å²) in [6.45, 7) is 4.67.